The van der Waals surface area contributed by atoms with E-state index in [-0.39, 0.29) is 17.6 Å². The number of nitrogens with one attached hydrogen (secondary N) is 1. The average molecular weight is 332 g/mol. The maximum Gasteiger partial charge on any atom is 0.230 e. The second-order valence-electron chi connectivity index (χ2n) is 6.89. The van der Waals surface area contributed by atoms with E-state index in [0.29, 0.717) is 19.5 Å². The normalized spacial score (nSPS) is 19.7. The van der Waals surface area contributed by atoms with Crippen molar-refractivity contribution in [3.8, 4) is 0 Å². The van der Waals surface area contributed by atoms with Crippen molar-refractivity contribution in [1.29, 1.82) is 0 Å². The van der Waals surface area contributed by atoms with Gasteiger partial charge in [-0.25, -0.2) is 4.39 Å². The minimum absolute atomic E-state index is 0.0411. The van der Waals surface area contributed by atoms with Crippen LogP contribution in [0, 0.1) is 5.82 Å². The number of rotatable bonds is 6. The van der Waals surface area contributed by atoms with Crippen molar-refractivity contribution in [2.75, 3.05) is 19.6 Å². The Kier molecular flexibility index (Phi) is 5.17. The SMILES string of the molecule is O=C1CCCN1CCCNC(=O)C1(c2ccc(F)cc2)CCCC1. The van der Waals surface area contributed by atoms with Crippen LogP contribution in [-0.4, -0.2) is 36.3 Å². The quantitative estimate of drug-likeness (QED) is 0.815. The number of hydrogen-bond acceptors (Lipinski definition) is 2. The second kappa shape index (κ2) is 7.32. The molecule has 2 amide bonds. The molecular formula is C19H25FN2O2. The number of likely N-dealkylation sites (tertiary alicyclic amines) is 1. The highest BCUT2D eigenvalue weighted by atomic mass is 19.1. The average Bonchev–Trinajstić information content (AvgIpc) is 3.22. The first kappa shape index (κ1) is 16.9. The zero-order chi connectivity index (χ0) is 17.0. The van der Waals surface area contributed by atoms with Gasteiger partial charge in [0.2, 0.25) is 11.8 Å². The number of halogens is 1. The minimum Gasteiger partial charge on any atom is -0.355 e. The molecule has 3 rings (SSSR count). The number of carbonyl (C=O) groups is 2. The van der Waals surface area contributed by atoms with Crippen molar-refractivity contribution in [2.24, 2.45) is 0 Å². The first-order valence-electron chi connectivity index (χ1n) is 8.94. The Hall–Kier alpha value is -1.91. The molecule has 1 N–H and O–H groups in total. The van der Waals surface area contributed by atoms with Crippen molar-refractivity contribution < 1.29 is 14.0 Å². The summed E-state index contributed by atoms with van der Waals surface area (Å²) in [6, 6.07) is 6.34. The smallest absolute Gasteiger partial charge is 0.230 e. The number of benzene rings is 1. The Morgan fingerprint density at radius 3 is 2.50 bits per heavy atom. The summed E-state index contributed by atoms with van der Waals surface area (Å²) in [6.45, 7) is 2.13. The third kappa shape index (κ3) is 3.45. The largest absolute Gasteiger partial charge is 0.355 e. The molecule has 1 aliphatic carbocycles. The Bertz CT molecular complexity index is 594. The molecule has 0 bridgehead atoms. The lowest BCUT2D eigenvalue weighted by Crippen LogP contribution is -2.43. The van der Waals surface area contributed by atoms with Crippen LogP contribution < -0.4 is 5.32 Å². The van der Waals surface area contributed by atoms with Gasteiger partial charge in [-0.3, -0.25) is 9.59 Å². The van der Waals surface area contributed by atoms with E-state index >= 15 is 0 Å². The molecule has 1 aliphatic heterocycles. The standard InChI is InChI=1S/C19H25FN2O2/c20-16-8-6-15(7-9-16)19(10-1-2-11-19)18(24)21-12-4-14-22-13-3-5-17(22)23/h6-9H,1-5,10-14H2,(H,21,24). The van der Waals surface area contributed by atoms with Crippen LogP contribution in [0.5, 0.6) is 0 Å². The molecule has 0 spiro atoms. The zero-order valence-corrected chi connectivity index (χ0v) is 14.0. The van der Waals surface area contributed by atoms with Crippen molar-refractivity contribution in [3.05, 3.63) is 35.6 Å². The molecule has 0 unspecified atom stereocenters. The van der Waals surface area contributed by atoms with Crippen molar-refractivity contribution >= 4 is 11.8 Å². The topological polar surface area (TPSA) is 49.4 Å². The molecule has 1 aromatic rings. The lowest BCUT2D eigenvalue weighted by Gasteiger charge is -2.28. The molecule has 1 heterocycles. The fourth-order valence-electron chi connectivity index (χ4n) is 3.98. The fraction of sp³-hybridized carbons (Fsp3) is 0.579. The molecular weight excluding hydrogens is 307 g/mol. The van der Waals surface area contributed by atoms with E-state index in [0.717, 1.165) is 50.6 Å². The highest BCUT2D eigenvalue weighted by Crippen LogP contribution is 2.41. The summed E-state index contributed by atoms with van der Waals surface area (Å²) in [6.07, 6.45) is 6.04. The van der Waals surface area contributed by atoms with E-state index in [9.17, 15) is 14.0 Å². The molecule has 0 aromatic heterocycles. The summed E-state index contributed by atoms with van der Waals surface area (Å²) < 4.78 is 13.2. The summed E-state index contributed by atoms with van der Waals surface area (Å²) in [5, 5.41) is 3.05. The molecule has 2 aliphatic rings. The number of carbonyl (C=O) groups excluding carboxylic acids is 2. The van der Waals surface area contributed by atoms with E-state index in [1.165, 1.54) is 12.1 Å². The lowest BCUT2D eigenvalue weighted by molar-refractivity contribution is -0.127. The van der Waals surface area contributed by atoms with Crippen molar-refractivity contribution in [1.82, 2.24) is 10.2 Å². The van der Waals surface area contributed by atoms with Crippen LogP contribution >= 0.6 is 0 Å². The van der Waals surface area contributed by atoms with Crippen molar-refractivity contribution in [3.63, 3.8) is 0 Å². The van der Waals surface area contributed by atoms with Crippen LogP contribution in [0.4, 0.5) is 4.39 Å². The molecule has 24 heavy (non-hydrogen) atoms. The van der Waals surface area contributed by atoms with Gasteiger partial charge < -0.3 is 10.2 Å². The predicted molar refractivity (Wildman–Crippen MR) is 90.0 cm³/mol. The van der Waals surface area contributed by atoms with Gasteiger partial charge in [-0.15, -0.1) is 0 Å². The summed E-state index contributed by atoms with van der Waals surface area (Å²) in [5.41, 5.74) is 0.394. The van der Waals surface area contributed by atoms with Crippen LogP contribution in [0.2, 0.25) is 0 Å². The zero-order valence-electron chi connectivity index (χ0n) is 14.0. The molecule has 1 saturated carbocycles. The fourth-order valence-corrected chi connectivity index (χ4v) is 3.98. The molecule has 2 fully saturated rings. The summed E-state index contributed by atoms with van der Waals surface area (Å²) in [7, 11) is 0. The van der Waals surface area contributed by atoms with Gasteiger partial charge >= 0.3 is 0 Å². The van der Waals surface area contributed by atoms with Gasteiger partial charge in [0.1, 0.15) is 5.82 Å². The maximum atomic E-state index is 13.2. The molecule has 130 valence electrons. The van der Waals surface area contributed by atoms with Crippen LogP contribution in [0.25, 0.3) is 0 Å². The molecule has 1 aromatic carbocycles. The molecule has 1 saturated heterocycles. The molecule has 5 heteroatoms. The van der Waals surface area contributed by atoms with Crippen LogP contribution in [0.3, 0.4) is 0 Å². The first-order valence-corrected chi connectivity index (χ1v) is 8.94. The van der Waals surface area contributed by atoms with Gasteiger partial charge in [-0.1, -0.05) is 25.0 Å². The van der Waals surface area contributed by atoms with E-state index in [2.05, 4.69) is 5.32 Å². The summed E-state index contributed by atoms with van der Waals surface area (Å²) in [5.74, 6) is -0.0122. The molecule has 0 atom stereocenters. The third-order valence-electron chi connectivity index (χ3n) is 5.35. The first-order chi connectivity index (χ1) is 11.6. The molecule has 0 radical (unpaired) electrons. The van der Waals surface area contributed by atoms with Gasteiger partial charge in [0.05, 0.1) is 5.41 Å². The second-order valence-corrected chi connectivity index (χ2v) is 6.89. The predicted octanol–water partition coefficient (Wildman–Crippen LogP) is 2.77. The van der Waals surface area contributed by atoms with Gasteiger partial charge in [-0.2, -0.15) is 0 Å². The number of amides is 2. The van der Waals surface area contributed by atoms with E-state index < -0.39 is 5.41 Å². The highest BCUT2D eigenvalue weighted by molar-refractivity contribution is 5.88. The Morgan fingerprint density at radius 1 is 1.17 bits per heavy atom. The minimum atomic E-state index is -0.517. The van der Waals surface area contributed by atoms with Gasteiger partial charge in [-0.05, 0) is 43.4 Å². The third-order valence-corrected chi connectivity index (χ3v) is 5.35. The van der Waals surface area contributed by atoms with Gasteiger partial charge in [0.25, 0.3) is 0 Å². The van der Waals surface area contributed by atoms with Crippen LogP contribution in [0.15, 0.2) is 24.3 Å². The van der Waals surface area contributed by atoms with Crippen LogP contribution in [-0.2, 0) is 15.0 Å². The Balaban J connectivity index is 1.56. The summed E-state index contributed by atoms with van der Waals surface area (Å²) >= 11 is 0. The number of hydrogen-bond donors (Lipinski definition) is 1. The Labute approximate surface area is 142 Å². The Morgan fingerprint density at radius 2 is 1.88 bits per heavy atom. The summed E-state index contributed by atoms with van der Waals surface area (Å²) in [4.78, 5) is 26.3. The number of nitrogens with zero attached hydrogens (tertiary/aromatic N) is 1. The van der Waals surface area contributed by atoms with Gasteiger partial charge in [0.15, 0.2) is 0 Å². The van der Waals surface area contributed by atoms with Crippen molar-refractivity contribution in [2.45, 2.75) is 50.4 Å². The molecule has 4 nitrogen and oxygen atoms in total. The monoisotopic (exact) mass is 332 g/mol. The lowest BCUT2D eigenvalue weighted by atomic mass is 9.78. The van der Waals surface area contributed by atoms with Gasteiger partial charge in [0, 0.05) is 26.1 Å². The van der Waals surface area contributed by atoms with Crippen LogP contribution in [0.1, 0.15) is 50.5 Å². The highest BCUT2D eigenvalue weighted by Gasteiger charge is 2.42. The van der Waals surface area contributed by atoms with E-state index in [1.807, 2.05) is 4.90 Å². The van der Waals surface area contributed by atoms with E-state index in [4.69, 9.17) is 0 Å². The maximum absolute atomic E-state index is 13.2. The van der Waals surface area contributed by atoms with E-state index in [1.54, 1.807) is 12.1 Å².